The highest BCUT2D eigenvalue weighted by atomic mass is 79.9. The number of allylic oxidation sites excluding steroid dienone is 1. The first-order chi connectivity index (χ1) is 11.6. The molecule has 120 valence electrons. The summed E-state index contributed by atoms with van der Waals surface area (Å²) in [5.74, 6) is -0.333. The molecule has 4 nitrogen and oxygen atoms in total. The summed E-state index contributed by atoms with van der Waals surface area (Å²) in [4.78, 5) is 23.6. The number of methoxy groups -OCH3 is 1. The molecule has 0 bridgehead atoms. The van der Waals surface area contributed by atoms with Gasteiger partial charge in [-0.2, -0.15) is 0 Å². The van der Waals surface area contributed by atoms with Crippen molar-refractivity contribution in [2.45, 2.75) is 0 Å². The zero-order chi connectivity index (χ0) is 17.1. The lowest BCUT2D eigenvalue weighted by Gasteiger charge is -1.99. The molecular weight excluding hydrogens is 372 g/mol. The summed E-state index contributed by atoms with van der Waals surface area (Å²) in [7, 11) is 1.33. The maximum Gasteiger partial charge on any atom is 0.337 e. The molecule has 0 aliphatic carbocycles. The number of carbonyl (C=O) groups excluding carboxylic acids is 2. The maximum atomic E-state index is 12.2. The second-order valence-electron chi connectivity index (χ2n) is 5.10. The highest BCUT2D eigenvalue weighted by Gasteiger charge is 2.10. The maximum absolute atomic E-state index is 12.2. The molecule has 1 aromatic heterocycles. The molecule has 0 fully saturated rings. The monoisotopic (exact) mass is 384 g/mol. The molecule has 2 aromatic carbocycles. The molecule has 24 heavy (non-hydrogen) atoms. The molecule has 0 saturated heterocycles. The normalized spacial score (nSPS) is 11.1. The minimum atomic E-state index is -0.393. The molecule has 0 aliphatic heterocycles. The van der Waals surface area contributed by atoms with E-state index in [2.05, 4.69) is 20.7 Å². The topological polar surface area (TPSA) is 56.5 Å². The summed E-state index contributed by atoms with van der Waals surface area (Å²) in [6.07, 6.45) is 3.12. The first-order valence-corrected chi connectivity index (χ1v) is 7.96. The van der Waals surface area contributed by atoms with Gasteiger partial charge in [0.05, 0.1) is 12.7 Å². The largest absolute Gasteiger partial charge is 0.465 e. The van der Waals surface area contributed by atoms with Gasteiger partial charge in [0.1, 0.15) is 5.58 Å². The summed E-state index contributed by atoms with van der Waals surface area (Å²) in [5.41, 5.74) is 1.93. The molecule has 0 N–H and O–H groups in total. The first-order valence-electron chi connectivity index (χ1n) is 7.17. The molecule has 0 saturated carbocycles. The van der Waals surface area contributed by atoms with E-state index in [1.807, 2.05) is 18.2 Å². The van der Waals surface area contributed by atoms with Crippen molar-refractivity contribution in [3.05, 3.63) is 76.0 Å². The summed E-state index contributed by atoms with van der Waals surface area (Å²) < 4.78 is 11.1. The predicted molar refractivity (Wildman–Crippen MR) is 95.1 cm³/mol. The minimum Gasteiger partial charge on any atom is -0.465 e. The number of hydrogen-bond donors (Lipinski definition) is 0. The molecule has 0 atom stereocenters. The van der Waals surface area contributed by atoms with Gasteiger partial charge in [-0.05, 0) is 48.0 Å². The number of esters is 1. The smallest absolute Gasteiger partial charge is 0.337 e. The first kappa shape index (κ1) is 16.2. The summed E-state index contributed by atoms with van der Waals surface area (Å²) in [5, 5.41) is 0.864. The van der Waals surface area contributed by atoms with Crippen LogP contribution >= 0.6 is 15.9 Å². The van der Waals surface area contributed by atoms with Crippen LogP contribution in [0.3, 0.4) is 0 Å². The van der Waals surface area contributed by atoms with Crippen molar-refractivity contribution < 1.29 is 18.7 Å². The Morgan fingerprint density at radius 1 is 1.08 bits per heavy atom. The van der Waals surface area contributed by atoms with Gasteiger partial charge in [0, 0.05) is 9.86 Å². The van der Waals surface area contributed by atoms with Crippen molar-refractivity contribution >= 4 is 44.7 Å². The highest BCUT2D eigenvalue weighted by molar-refractivity contribution is 9.10. The minimum absolute atomic E-state index is 0.223. The van der Waals surface area contributed by atoms with E-state index in [1.54, 1.807) is 36.4 Å². The zero-order valence-electron chi connectivity index (χ0n) is 12.8. The molecule has 5 heteroatoms. The van der Waals surface area contributed by atoms with Crippen LogP contribution in [0.1, 0.15) is 26.5 Å². The van der Waals surface area contributed by atoms with Gasteiger partial charge in [-0.1, -0.05) is 34.1 Å². The van der Waals surface area contributed by atoms with E-state index in [9.17, 15) is 9.59 Å². The Morgan fingerprint density at radius 3 is 2.54 bits per heavy atom. The molecule has 3 rings (SSSR count). The van der Waals surface area contributed by atoms with Crippen LogP contribution in [0.25, 0.3) is 17.0 Å². The van der Waals surface area contributed by atoms with Gasteiger partial charge in [0.2, 0.25) is 5.78 Å². The third-order valence-corrected chi connectivity index (χ3v) is 3.97. The van der Waals surface area contributed by atoms with Crippen LogP contribution in [0.15, 0.2) is 63.5 Å². The van der Waals surface area contributed by atoms with Crippen LogP contribution in [0.2, 0.25) is 0 Å². The number of benzene rings is 2. The quantitative estimate of drug-likeness (QED) is 0.365. The van der Waals surface area contributed by atoms with Gasteiger partial charge in [0.15, 0.2) is 5.76 Å². The average molecular weight is 385 g/mol. The van der Waals surface area contributed by atoms with Gasteiger partial charge >= 0.3 is 5.97 Å². The summed E-state index contributed by atoms with van der Waals surface area (Å²) in [6.45, 7) is 0. The fraction of sp³-hybridized carbons (Fsp3) is 0.0526. The summed E-state index contributed by atoms with van der Waals surface area (Å²) >= 11 is 3.39. The molecule has 0 amide bonds. The van der Waals surface area contributed by atoms with Crippen LogP contribution in [0.5, 0.6) is 0 Å². The Bertz CT molecular complexity index is 936. The number of ketones is 1. The van der Waals surface area contributed by atoms with E-state index in [1.165, 1.54) is 13.2 Å². The molecule has 0 spiro atoms. The number of fused-ring (bicyclic) bond motifs is 1. The predicted octanol–water partition coefficient (Wildman–Crippen LogP) is 4.88. The Labute approximate surface area is 146 Å². The standard InChI is InChI=1S/C19H13BrO4/c1-23-19(22)13-5-2-12(3-6-13)4-8-16(21)18-11-14-10-15(20)7-9-17(14)24-18/h2-11H,1H3. The van der Waals surface area contributed by atoms with Crippen LogP contribution in [0, 0.1) is 0 Å². The number of furan rings is 1. The van der Waals surface area contributed by atoms with E-state index in [0.29, 0.717) is 11.1 Å². The SMILES string of the molecule is COC(=O)c1ccc(C=CC(=O)c2cc3cc(Br)ccc3o2)cc1. The van der Waals surface area contributed by atoms with Crippen LogP contribution in [0.4, 0.5) is 0 Å². The Morgan fingerprint density at radius 2 is 1.83 bits per heavy atom. The van der Waals surface area contributed by atoms with E-state index in [0.717, 1.165) is 15.4 Å². The highest BCUT2D eigenvalue weighted by Crippen LogP contribution is 2.23. The van der Waals surface area contributed by atoms with E-state index in [-0.39, 0.29) is 11.5 Å². The van der Waals surface area contributed by atoms with Crippen molar-refractivity contribution in [1.82, 2.24) is 0 Å². The lowest BCUT2D eigenvalue weighted by Crippen LogP contribution is -2.00. The van der Waals surface area contributed by atoms with E-state index in [4.69, 9.17) is 4.42 Å². The van der Waals surface area contributed by atoms with Crippen molar-refractivity contribution in [2.75, 3.05) is 7.11 Å². The van der Waals surface area contributed by atoms with Crippen molar-refractivity contribution in [3.8, 4) is 0 Å². The summed E-state index contributed by atoms with van der Waals surface area (Å²) in [6, 6.07) is 14.1. The molecule has 0 radical (unpaired) electrons. The second-order valence-corrected chi connectivity index (χ2v) is 6.02. The molecule has 1 heterocycles. The van der Waals surface area contributed by atoms with Crippen molar-refractivity contribution in [1.29, 1.82) is 0 Å². The van der Waals surface area contributed by atoms with Gasteiger partial charge in [-0.15, -0.1) is 0 Å². The van der Waals surface area contributed by atoms with Crippen LogP contribution in [-0.4, -0.2) is 18.9 Å². The van der Waals surface area contributed by atoms with Crippen LogP contribution < -0.4 is 0 Å². The van der Waals surface area contributed by atoms with Gasteiger partial charge in [0.25, 0.3) is 0 Å². The lowest BCUT2D eigenvalue weighted by atomic mass is 10.1. The third-order valence-electron chi connectivity index (χ3n) is 3.48. The molecule has 0 unspecified atom stereocenters. The van der Waals surface area contributed by atoms with Crippen molar-refractivity contribution in [3.63, 3.8) is 0 Å². The molecule has 3 aromatic rings. The molecule has 0 aliphatic rings. The van der Waals surface area contributed by atoms with E-state index < -0.39 is 5.97 Å². The van der Waals surface area contributed by atoms with E-state index >= 15 is 0 Å². The zero-order valence-corrected chi connectivity index (χ0v) is 14.4. The van der Waals surface area contributed by atoms with Gasteiger partial charge < -0.3 is 9.15 Å². The lowest BCUT2D eigenvalue weighted by molar-refractivity contribution is 0.0600. The number of carbonyl (C=O) groups is 2. The fourth-order valence-corrected chi connectivity index (χ4v) is 2.62. The average Bonchev–Trinajstić information content (AvgIpc) is 3.02. The van der Waals surface area contributed by atoms with Crippen molar-refractivity contribution in [2.24, 2.45) is 0 Å². The Kier molecular flexibility index (Phi) is 4.62. The fourth-order valence-electron chi connectivity index (χ4n) is 2.24. The van der Waals surface area contributed by atoms with Gasteiger partial charge in [-0.3, -0.25) is 4.79 Å². The molecular formula is C19H13BrO4. The Hall–Kier alpha value is -2.66. The number of ether oxygens (including phenoxy) is 1. The van der Waals surface area contributed by atoms with Crippen LogP contribution in [-0.2, 0) is 4.74 Å². The number of hydrogen-bond acceptors (Lipinski definition) is 4. The second kappa shape index (κ2) is 6.84. The Balaban J connectivity index is 1.77. The number of rotatable bonds is 4. The van der Waals surface area contributed by atoms with Gasteiger partial charge in [-0.25, -0.2) is 4.79 Å². The number of halogens is 1. The third kappa shape index (κ3) is 3.46.